The third kappa shape index (κ3) is 2.50. The zero-order valence-corrected chi connectivity index (χ0v) is 8.96. The summed E-state index contributed by atoms with van der Waals surface area (Å²) in [6, 6.07) is 15.8. The van der Waals surface area contributed by atoms with Crippen LogP contribution in [0.5, 0.6) is 11.5 Å². The van der Waals surface area contributed by atoms with E-state index >= 15 is 0 Å². The van der Waals surface area contributed by atoms with Gasteiger partial charge in [0.2, 0.25) is 0 Å². The number of para-hydroxylation sites is 1. The van der Waals surface area contributed by atoms with Crippen molar-refractivity contribution in [3.05, 3.63) is 59.7 Å². The van der Waals surface area contributed by atoms with Crippen LogP contribution in [0.15, 0.2) is 48.5 Å². The van der Waals surface area contributed by atoms with Crippen LogP contribution in [0.2, 0.25) is 0 Å². The van der Waals surface area contributed by atoms with Crippen LogP contribution < -0.4 is 4.74 Å². The zero-order valence-electron chi connectivity index (χ0n) is 8.96. The highest BCUT2D eigenvalue weighted by Crippen LogP contribution is 2.24. The topological polar surface area (TPSA) is 50.1 Å². The Labute approximate surface area is 98.9 Å². The predicted octanol–water partition coefficient (Wildman–Crippen LogP) is 3.16. The second-order valence-electron chi connectivity index (χ2n) is 3.40. The van der Waals surface area contributed by atoms with Crippen molar-refractivity contribution in [1.82, 2.24) is 0 Å². The summed E-state index contributed by atoms with van der Waals surface area (Å²) in [7, 11) is 0. The van der Waals surface area contributed by atoms with Gasteiger partial charge in [-0.2, -0.15) is 5.26 Å². The maximum atomic E-state index is 10.8. The molecule has 0 aromatic heterocycles. The van der Waals surface area contributed by atoms with E-state index in [2.05, 4.69) is 0 Å². The number of rotatable bonds is 3. The summed E-state index contributed by atoms with van der Waals surface area (Å²) >= 11 is 0. The summed E-state index contributed by atoms with van der Waals surface area (Å²) in [5, 5.41) is 8.77. The van der Waals surface area contributed by atoms with Gasteiger partial charge < -0.3 is 4.74 Å². The second-order valence-corrected chi connectivity index (χ2v) is 3.40. The fourth-order valence-electron chi connectivity index (χ4n) is 1.43. The first kappa shape index (κ1) is 10.9. The largest absolute Gasteiger partial charge is 0.457 e. The highest BCUT2D eigenvalue weighted by atomic mass is 16.5. The molecule has 0 heterocycles. The fourth-order valence-corrected chi connectivity index (χ4v) is 1.43. The van der Waals surface area contributed by atoms with Gasteiger partial charge in [-0.05, 0) is 30.3 Å². The van der Waals surface area contributed by atoms with Crippen molar-refractivity contribution in [3.8, 4) is 17.6 Å². The number of carbonyl (C=O) groups excluding carboxylic acids is 1. The van der Waals surface area contributed by atoms with Gasteiger partial charge in [-0.25, -0.2) is 0 Å². The van der Waals surface area contributed by atoms with E-state index in [0.29, 0.717) is 22.6 Å². The molecule has 0 fully saturated rings. The first-order valence-corrected chi connectivity index (χ1v) is 5.05. The first-order chi connectivity index (χ1) is 8.33. The summed E-state index contributed by atoms with van der Waals surface area (Å²) in [5.74, 6) is 1.02. The molecule has 0 spiro atoms. The molecular weight excluding hydrogens is 214 g/mol. The molecule has 0 aliphatic rings. The van der Waals surface area contributed by atoms with E-state index in [9.17, 15) is 4.79 Å². The van der Waals surface area contributed by atoms with Crippen molar-refractivity contribution < 1.29 is 9.53 Å². The van der Waals surface area contributed by atoms with Crippen LogP contribution in [0.25, 0.3) is 0 Å². The van der Waals surface area contributed by atoms with Crippen LogP contribution >= 0.6 is 0 Å². The molecule has 0 radical (unpaired) electrons. The molecule has 2 rings (SSSR count). The van der Waals surface area contributed by atoms with Crippen molar-refractivity contribution in [2.45, 2.75) is 0 Å². The van der Waals surface area contributed by atoms with E-state index in [4.69, 9.17) is 10.00 Å². The standard InChI is InChI=1S/C14H9NO2/c15-9-11-4-3-6-13(8-11)17-14-7-2-1-5-12(14)10-16/h1-8,10H. The number of carbonyl (C=O) groups is 1. The molecule has 3 heteroatoms. The van der Waals surface area contributed by atoms with Gasteiger partial charge in [0.15, 0.2) is 6.29 Å². The molecule has 0 unspecified atom stereocenters. The van der Waals surface area contributed by atoms with E-state index in [1.807, 2.05) is 6.07 Å². The van der Waals surface area contributed by atoms with Gasteiger partial charge in [-0.1, -0.05) is 18.2 Å². The molecule has 17 heavy (non-hydrogen) atoms. The van der Waals surface area contributed by atoms with Crippen molar-refractivity contribution in [3.63, 3.8) is 0 Å². The molecule has 0 saturated heterocycles. The van der Waals surface area contributed by atoms with Crippen LogP contribution in [0, 0.1) is 11.3 Å². The predicted molar refractivity (Wildman–Crippen MR) is 63.1 cm³/mol. The Balaban J connectivity index is 2.31. The molecule has 3 nitrogen and oxygen atoms in total. The van der Waals surface area contributed by atoms with Crippen molar-refractivity contribution in [2.24, 2.45) is 0 Å². The first-order valence-electron chi connectivity index (χ1n) is 5.05. The summed E-state index contributed by atoms with van der Waals surface area (Å²) < 4.78 is 5.56. The van der Waals surface area contributed by atoms with E-state index in [-0.39, 0.29) is 0 Å². The van der Waals surface area contributed by atoms with Crippen molar-refractivity contribution in [2.75, 3.05) is 0 Å². The number of benzene rings is 2. The molecular formula is C14H9NO2. The van der Waals surface area contributed by atoms with Gasteiger partial charge in [-0.3, -0.25) is 4.79 Å². The lowest BCUT2D eigenvalue weighted by Crippen LogP contribution is -1.90. The number of nitrogens with zero attached hydrogens (tertiary/aromatic N) is 1. The molecule has 82 valence electrons. The van der Waals surface area contributed by atoms with Crippen LogP contribution in [0.3, 0.4) is 0 Å². The van der Waals surface area contributed by atoms with Gasteiger partial charge in [0.25, 0.3) is 0 Å². The Kier molecular flexibility index (Phi) is 3.18. The SMILES string of the molecule is N#Cc1cccc(Oc2ccccc2C=O)c1. The molecule has 0 N–H and O–H groups in total. The summed E-state index contributed by atoms with van der Waals surface area (Å²) in [6.45, 7) is 0. The molecule has 0 amide bonds. The van der Waals surface area contributed by atoms with Gasteiger partial charge >= 0.3 is 0 Å². The minimum Gasteiger partial charge on any atom is -0.457 e. The highest BCUT2D eigenvalue weighted by molar-refractivity contribution is 5.79. The Morgan fingerprint density at radius 1 is 1.12 bits per heavy atom. The summed E-state index contributed by atoms with van der Waals surface area (Å²) in [5.41, 5.74) is 1.00. The van der Waals surface area contributed by atoms with Gasteiger partial charge in [0, 0.05) is 0 Å². The van der Waals surface area contributed by atoms with E-state index in [1.165, 1.54) is 0 Å². The maximum Gasteiger partial charge on any atom is 0.153 e. The van der Waals surface area contributed by atoms with Gasteiger partial charge in [0.05, 0.1) is 17.2 Å². The van der Waals surface area contributed by atoms with Gasteiger partial charge in [0.1, 0.15) is 11.5 Å². The van der Waals surface area contributed by atoms with Crippen LogP contribution in [-0.2, 0) is 0 Å². The molecule has 0 atom stereocenters. The van der Waals surface area contributed by atoms with Crippen molar-refractivity contribution in [1.29, 1.82) is 5.26 Å². The normalized spacial score (nSPS) is 9.35. The highest BCUT2D eigenvalue weighted by Gasteiger charge is 2.03. The Morgan fingerprint density at radius 2 is 1.94 bits per heavy atom. The minimum atomic E-state index is 0.481. The number of nitriles is 1. The van der Waals surface area contributed by atoms with Gasteiger partial charge in [-0.15, -0.1) is 0 Å². The average Bonchev–Trinajstić information content (AvgIpc) is 2.39. The molecule has 2 aromatic rings. The minimum absolute atomic E-state index is 0.481. The number of hydrogen-bond donors (Lipinski definition) is 0. The van der Waals surface area contributed by atoms with Crippen LogP contribution in [0.1, 0.15) is 15.9 Å². The lowest BCUT2D eigenvalue weighted by Gasteiger charge is -2.07. The summed E-state index contributed by atoms with van der Waals surface area (Å²) in [6.07, 6.45) is 0.740. The zero-order chi connectivity index (χ0) is 12.1. The smallest absolute Gasteiger partial charge is 0.153 e. The maximum absolute atomic E-state index is 10.8. The summed E-state index contributed by atoms with van der Waals surface area (Å²) in [4.78, 5) is 10.8. The molecule has 0 aliphatic heterocycles. The molecule has 2 aromatic carbocycles. The van der Waals surface area contributed by atoms with Crippen molar-refractivity contribution >= 4 is 6.29 Å². The number of aldehydes is 1. The molecule has 0 aliphatic carbocycles. The van der Waals surface area contributed by atoms with E-state index in [0.717, 1.165) is 6.29 Å². The van der Waals surface area contributed by atoms with Crippen LogP contribution in [-0.4, -0.2) is 6.29 Å². The quantitative estimate of drug-likeness (QED) is 0.751. The Morgan fingerprint density at radius 3 is 2.71 bits per heavy atom. The van der Waals surface area contributed by atoms with Crippen LogP contribution in [0.4, 0.5) is 0 Å². The monoisotopic (exact) mass is 223 g/mol. The van der Waals surface area contributed by atoms with E-state index in [1.54, 1.807) is 48.5 Å². The second kappa shape index (κ2) is 4.95. The fraction of sp³-hybridized carbons (Fsp3) is 0. The third-order valence-corrected chi connectivity index (χ3v) is 2.24. The average molecular weight is 223 g/mol. The lowest BCUT2D eigenvalue weighted by atomic mass is 10.2. The molecule has 0 bridgehead atoms. The Hall–Kier alpha value is -2.60. The molecule has 0 saturated carbocycles. The van der Waals surface area contributed by atoms with E-state index < -0.39 is 0 Å². The Bertz CT molecular complexity index is 585. The number of ether oxygens (including phenoxy) is 1. The number of hydrogen-bond acceptors (Lipinski definition) is 3. The lowest BCUT2D eigenvalue weighted by molar-refractivity contribution is 0.112. The third-order valence-electron chi connectivity index (χ3n) is 2.24.